The van der Waals surface area contributed by atoms with Crippen molar-refractivity contribution in [3.63, 3.8) is 0 Å². The highest BCUT2D eigenvalue weighted by molar-refractivity contribution is 5.94. The van der Waals surface area contributed by atoms with Crippen molar-refractivity contribution in [3.8, 4) is 0 Å². The molecule has 5 heteroatoms. The number of nitrogens with zero attached hydrogens (tertiary/aromatic N) is 2. The van der Waals surface area contributed by atoms with Crippen molar-refractivity contribution in [2.24, 2.45) is 0 Å². The number of aryl methyl sites for hydroxylation is 1. The normalized spacial score (nSPS) is 10.4. The molecule has 0 aliphatic heterocycles. The number of carbonyl (C=O) groups is 1. The zero-order chi connectivity index (χ0) is 14.3. The Labute approximate surface area is 114 Å². The molecule has 1 aromatic rings. The number of nitrogens with two attached hydrogens (primary N) is 1. The van der Waals surface area contributed by atoms with Gasteiger partial charge in [-0.1, -0.05) is 13.0 Å². The zero-order valence-corrected chi connectivity index (χ0v) is 11.8. The van der Waals surface area contributed by atoms with Crippen LogP contribution in [0.15, 0.2) is 24.9 Å². The third-order valence-corrected chi connectivity index (χ3v) is 2.80. The summed E-state index contributed by atoms with van der Waals surface area (Å²) < 4.78 is 6.93. The SMILES string of the molecule is C=CCN(CCOC)C(=O)c1cc(N)cn1CCC. The van der Waals surface area contributed by atoms with Gasteiger partial charge in [-0.25, -0.2) is 0 Å². The number of aromatic nitrogens is 1. The van der Waals surface area contributed by atoms with Gasteiger partial charge in [0.2, 0.25) is 0 Å². The van der Waals surface area contributed by atoms with Crippen LogP contribution >= 0.6 is 0 Å². The molecule has 0 atom stereocenters. The predicted octanol–water partition coefficient (Wildman–Crippen LogP) is 1.75. The molecule has 0 spiro atoms. The molecule has 0 saturated heterocycles. The second-order valence-corrected chi connectivity index (χ2v) is 4.38. The molecule has 0 aromatic carbocycles. The fourth-order valence-corrected chi connectivity index (χ4v) is 1.93. The highest BCUT2D eigenvalue weighted by atomic mass is 16.5. The number of methoxy groups -OCH3 is 1. The number of hydrogen-bond donors (Lipinski definition) is 1. The average molecular weight is 265 g/mol. The lowest BCUT2D eigenvalue weighted by Crippen LogP contribution is -2.35. The second kappa shape index (κ2) is 7.63. The summed E-state index contributed by atoms with van der Waals surface area (Å²) in [4.78, 5) is 14.2. The summed E-state index contributed by atoms with van der Waals surface area (Å²) in [6.45, 7) is 8.07. The van der Waals surface area contributed by atoms with Crippen molar-refractivity contribution < 1.29 is 9.53 Å². The van der Waals surface area contributed by atoms with Crippen molar-refractivity contribution in [2.75, 3.05) is 32.5 Å². The summed E-state index contributed by atoms with van der Waals surface area (Å²) in [5.74, 6) is -0.0397. The first-order chi connectivity index (χ1) is 9.13. The lowest BCUT2D eigenvalue weighted by molar-refractivity contribution is 0.0707. The lowest BCUT2D eigenvalue weighted by Gasteiger charge is -2.21. The molecule has 0 unspecified atom stereocenters. The molecule has 1 heterocycles. The van der Waals surface area contributed by atoms with E-state index in [0.717, 1.165) is 13.0 Å². The molecule has 0 aliphatic rings. The molecule has 0 bridgehead atoms. The minimum Gasteiger partial charge on any atom is -0.397 e. The molecule has 0 saturated carbocycles. The molecule has 1 rings (SSSR count). The molecule has 5 nitrogen and oxygen atoms in total. The molecule has 19 heavy (non-hydrogen) atoms. The Balaban J connectivity index is 2.91. The number of rotatable bonds is 8. The van der Waals surface area contributed by atoms with Crippen LogP contribution in [0.5, 0.6) is 0 Å². The van der Waals surface area contributed by atoms with E-state index in [9.17, 15) is 4.79 Å². The van der Waals surface area contributed by atoms with Crippen molar-refractivity contribution >= 4 is 11.6 Å². The Morgan fingerprint density at radius 3 is 2.95 bits per heavy atom. The molecular formula is C14H23N3O2. The highest BCUT2D eigenvalue weighted by Gasteiger charge is 2.18. The molecule has 1 aromatic heterocycles. The summed E-state index contributed by atoms with van der Waals surface area (Å²) in [7, 11) is 1.62. The van der Waals surface area contributed by atoms with Gasteiger partial charge in [0.15, 0.2) is 0 Å². The molecule has 2 N–H and O–H groups in total. The van der Waals surface area contributed by atoms with Crippen LogP contribution in [-0.4, -0.2) is 42.2 Å². The zero-order valence-electron chi connectivity index (χ0n) is 11.8. The predicted molar refractivity (Wildman–Crippen MR) is 77.1 cm³/mol. The molecular weight excluding hydrogens is 242 g/mol. The van der Waals surface area contributed by atoms with E-state index in [4.69, 9.17) is 10.5 Å². The molecule has 0 radical (unpaired) electrons. The maximum absolute atomic E-state index is 12.5. The van der Waals surface area contributed by atoms with Crippen LogP contribution in [0, 0.1) is 0 Å². The Kier molecular flexibility index (Phi) is 6.15. The van der Waals surface area contributed by atoms with Crippen LogP contribution in [0.4, 0.5) is 5.69 Å². The van der Waals surface area contributed by atoms with Gasteiger partial charge < -0.3 is 19.9 Å². The van der Waals surface area contributed by atoms with E-state index in [1.165, 1.54) is 0 Å². The number of amides is 1. The van der Waals surface area contributed by atoms with Crippen molar-refractivity contribution in [1.29, 1.82) is 0 Å². The second-order valence-electron chi connectivity index (χ2n) is 4.38. The number of ether oxygens (including phenoxy) is 1. The van der Waals surface area contributed by atoms with Crippen LogP contribution in [0.2, 0.25) is 0 Å². The first-order valence-electron chi connectivity index (χ1n) is 6.48. The molecule has 0 fully saturated rings. The fraction of sp³-hybridized carbons (Fsp3) is 0.500. The van der Waals surface area contributed by atoms with E-state index in [-0.39, 0.29) is 5.91 Å². The first-order valence-corrected chi connectivity index (χ1v) is 6.48. The van der Waals surface area contributed by atoms with Crippen LogP contribution in [-0.2, 0) is 11.3 Å². The Hall–Kier alpha value is -1.75. The van der Waals surface area contributed by atoms with E-state index < -0.39 is 0 Å². The van der Waals surface area contributed by atoms with Gasteiger partial charge >= 0.3 is 0 Å². The van der Waals surface area contributed by atoms with E-state index >= 15 is 0 Å². The summed E-state index contributed by atoms with van der Waals surface area (Å²) in [6.07, 6.45) is 4.47. The third kappa shape index (κ3) is 4.13. The maximum atomic E-state index is 12.5. The third-order valence-electron chi connectivity index (χ3n) is 2.80. The van der Waals surface area contributed by atoms with Gasteiger partial charge in [-0.15, -0.1) is 6.58 Å². The van der Waals surface area contributed by atoms with Gasteiger partial charge in [-0.2, -0.15) is 0 Å². The molecule has 1 amide bonds. The number of hydrogen-bond acceptors (Lipinski definition) is 3. The van der Waals surface area contributed by atoms with Crippen LogP contribution in [0.3, 0.4) is 0 Å². The summed E-state index contributed by atoms with van der Waals surface area (Å²) >= 11 is 0. The molecule has 0 aliphatic carbocycles. The van der Waals surface area contributed by atoms with Crippen molar-refractivity contribution in [2.45, 2.75) is 19.9 Å². The van der Waals surface area contributed by atoms with Gasteiger partial charge in [0, 0.05) is 32.9 Å². The summed E-state index contributed by atoms with van der Waals surface area (Å²) in [5.41, 5.74) is 7.02. The van der Waals surface area contributed by atoms with Crippen LogP contribution in [0.25, 0.3) is 0 Å². The van der Waals surface area contributed by atoms with Crippen molar-refractivity contribution in [1.82, 2.24) is 9.47 Å². The Bertz CT molecular complexity index is 426. The number of anilines is 1. The summed E-state index contributed by atoms with van der Waals surface area (Å²) in [6, 6.07) is 1.72. The standard InChI is InChI=1S/C14H23N3O2/c1-4-6-16(8-9-19-3)14(18)13-10-12(15)11-17(13)7-5-2/h4,10-11H,1,5-9,15H2,2-3H3. The van der Waals surface area contributed by atoms with Gasteiger partial charge in [0.1, 0.15) is 5.69 Å². The summed E-state index contributed by atoms with van der Waals surface area (Å²) in [5, 5.41) is 0. The topological polar surface area (TPSA) is 60.5 Å². The van der Waals surface area contributed by atoms with E-state index in [1.54, 1.807) is 30.3 Å². The van der Waals surface area contributed by atoms with E-state index in [0.29, 0.717) is 31.1 Å². The Morgan fingerprint density at radius 1 is 1.63 bits per heavy atom. The number of carbonyl (C=O) groups excluding carboxylic acids is 1. The maximum Gasteiger partial charge on any atom is 0.270 e. The van der Waals surface area contributed by atoms with E-state index in [1.807, 2.05) is 4.57 Å². The smallest absolute Gasteiger partial charge is 0.270 e. The minimum absolute atomic E-state index is 0.0397. The van der Waals surface area contributed by atoms with Gasteiger partial charge in [-0.3, -0.25) is 4.79 Å². The largest absolute Gasteiger partial charge is 0.397 e. The lowest BCUT2D eigenvalue weighted by atomic mass is 10.3. The monoisotopic (exact) mass is 265 g/mol. The highest BCUT2D eigenvalue weighted by Crippen LogP contribution is 2.14. The Morgan fingerprint density at radius 2 is 2.37 bits per heavy atom. The van der Waals surface area contributed by atoms with Crippen LogP contribution < -0.4 is 5.73 Å². The van der Waals surface area contributed by atoms with E-state index in [2.05, 4.69) is 13.5 Å². The minimum atomic E-state index is -0.0397. The quantitative estimate of drug-likeness (QED) is 0.728. The van der Waals surface area contributed by atoms with Crippen molar-refractivity contribution in [3.05, 3.63) is 30.6 Å². The van der Waals surface area contributed by atoms with Gasteiger partial charge in [0.05, 0.1) is 12.3 Å². The van der Waals surface area contributed by atoms with Gasteiger partial charge in [0.25, 0.3) is 5.91 Å². The molecule has 106 valence electrons. The van der Waals surface area contributed by atoms with Gasteiger partial charge in [-0.05, 0) is 12.5 Å². The van der Waals surface area contributed by atoms with Crippen LogP contribution in [0.1, 0.15) is 23.8 Å². The first kappa shape index (κ1) is 15.3. The fourth-order valence-electron chi connectivity index (χ4n) is 1.93. The number of nitrogen functional groups attached to an aromatic ring is 1. The average Bonchev–Trinajstić information content (AvgIpc) is 2.75.